The van der Waals surface area contributed by atoms with E-state index in [9.17, 15) is 14.0 Å². The van der Waals surface area contributed by atoms with Crippen LogP contribution in [-0.2, 0) is 0 Å². The molecular weight excluding hydrogens is 483 g/mol. The number of amides is 1. The first kappa shape index (κ1) is 22.0. The highest BCUT2D eigenvalue weighted by Gasteiger charge is 2.44. The largest absolute Gasteiger partial charge is 0.457 e. The van der Waals surface area contributed by atoms with Crippen LogP contribution in [0.3, 0.4) is 0 Å². The second kappa shape index (κ2) is 8.62. The molecule has 0 fully saturated rings. The third-order valence-corrected chi connectivity index (χ3v) is 6.17. The molecule has 1 aliphatic heterocycles. The number of hydrogen-bond acceptors (Lipinski definition) is 5. The number of hydrogen-bond donors (Lipinski definition) is 0. The Hall–Kier alpha value is -4.49. The molecule has 0 saturated heterocycles. The van der Waals surface area contributed by atoms with Gasteiger partial charge < -0.3 is 9.15 Å². The monoisotopic (exact) mass is 498 g/mol. The topological polar surface area (TPSA) is 72.6 Å². The van der Waals surface area contributed by atoms with Crippen molar-refractivity contribution in [3.8, 4) is 11.5 Å². The van der Waals surface area contributed by atoms with Crippen LogP contribution in [0.4, 0.5) is 10.2 Å². The second-order valence-electron chi connectivity index (χ2n) is 8.21. The molecule has 176 valence electrons. The molecule has 0 bridgehead atoms. The van der Waals surface area contributed by atoms with Crippen molar-refractivity contribution >= 4 is 34.3 Å². The number of anilines is 1. The van der Waals surface area contributed by atoms with Gasteiger partial charge in [0.25, 0.3) is 5.91 Å². The van der Waals surface area contributed by atoms with Crippen molar-refractivity contribution in [1.29, 1.82) is 0 Å². The summed E-state index contributed by atoms with van der Waals surface area (Å²) in [7, 11) is 0. The summed E-state index contributed by atoms with van der Waals surface area (Å²) in [5, 5.41) is 0.447. The summed E-state index contributed by atoms with van der Waals surface area (Å²) in [5.74, 6) is 0.197. The van der Waals surface area contributed by atoms with Gasteiger partial charge in [-0.25, -0.2) is 9.37 Å². The first-order valence-electron chi connectivity index (χ1n) is 11.0. The van der Waals surface area contributed by atoms with E-state index in [0.29, 0.717) is 22.1 Å². The highest BCUT2D eigenvalue weighted by atomic mass is 35.5. The zero-order valence-electron chi connectivity index (χ0n) is 18.5. The molecule has 6 nitrogen and oxygen atoms in total. The van der Waals surface area contributed by atoms with Gasteiger partial charge in [0.15, 0.2) is 5.43 Å². The van der Waals surface area contributed by atoms with Crippen LogP contribution in [0.25, 0.3) is 11.0 Å². The number of halogens is 2. The summed E-state index contributed by atoms with van der Waals surface area (Å²) in [6.45, 7) is 0. The Morgan fingerprint density at radius 3 is 2.50 bits per heavy atom. The standard InChI is InChI=1S/C28H16ClFN2O4/c29-17-9-12-23(31-15-17)32-25(16-5-4-8-20(13-16)35-19-6-2-1-3-7-19)24-26(33)21-14-18(30)10-11-22(21)36-27(24)28(32)34/h1-15,25H. The molecule has 8 heteroatoms. The van der Waals surface area contributed by atoms with Crippen LogP contribution >= 0.6 is 11.6 Å². The molecule has 6 rings (SSSR count). The first-order chi connectivity index (χ1) is 17.5. The van der Waals surface area contributed by atoms with Gasteiger partial charge in [-0.2, -0.15) is 0 Å². The Morgan fingerprint density at radius 1 is 0.917 bits per heavy atom. The van der Waals surface area contributed by atoms with Crippen LogP contribution in [0.15, 0.2) is 100 Å². The van der Waals surface area contributed by atoms with Crippen molar-refractivity contribution in [2.75, 3.05) is 4.90 Å². The lowest BCUT2D eigenvalue weighted by atomic mass is 9.98. The molecule has 0 spiro atoms. The van der Waals surface area contributed by atoms with Crippen LogP contribution < -0.4 is 15.1 Å². The van der Waals surface area contributed by atoms with E-state index in [1.54, 1.807) is 36.4 Å². The van der Waals surface area contributed by atoms with Gasteiger partial charge in [0.1, 0.15) is 28.7 Å². The van der Waals surface area contributed by atoms with E-state index in [0.717, 1.165) is 6.07 Å². The Kier molecular flexibility index (Phi) is 5.27. The van der Waals surface area contributed by atoms with Crippen molar-refractivity contribution in [1.82, 2.24) is 4.98 Å². The Balaban J connectivity index is 1.55. The van der Waals surface area contributed by atoms with Crippen molar-refractivity contribution < 1.29 is 18.3 Å². The lowest BCUT2D eigenvalue weighted by Gasteiger charge is -2.24. The van der Waals surface area contributed by atoms with Crippen molar-refractivity contribution in [2.45, 2.75) is 6.04 Å². The summed E-state index contributed by atoms with van der Waals surface area (Å²) in [5.41, 5.74) is 0.330. The number of nitrogens with zero attached hydrogens (tertiary/aromatic N) is 2. The number of rotatable bonds is 4. The van der Waals surface area contributed by atoms with E-state index in [4.69, 9.17) is 20.8 Å². The first-order valence-corrected chi connectivity index (χ1v) is 11.4. The average Bonchev–Trinajstić information content (AvgIpc) is 3.18. The Morgan fingerprint density at radius 2 is 1.72 bits per heavy atom. The summed E-state index contributed by atoms with van der Waals surface area (Å²) in [4.78, 5) is 32.9. The number of carbonyl (C=O) groups is 1. The minimum atomic E-state index is -0.885. The fourth-order valence-electron chi connectivity index (χ4n) is 4.38. The van der Waals surface area contributed by atoms with Gasteiger partial charge in [0.05, 0.1) is 22.0 Å². The zero-order valence-corrected chi connectivity index (χ0v) is 19.3. The molecule has 0 saturated carbocycles. The number of pyridine rings is 1. The van der Waals surface area contributed by atoms with Crippen molar-refractivity contribution in [2.24, 2.45) is 0 Å². The van der Waals surface area contributed by atoms with Crippen LogP contribution in [-0.4, -0.2) is 10.9 Å². The molecule has 1 amide bonds. The Bertz CT molecular complexity index is 1690. The van der Waals surface area contributed by atoms with Crippen LogP contribution in [0.2, 0.25) is 5.02 Å². The molecule has 5 aromatic rings. The molecule has 3 heterocycles. The van der Waals surface area contributed by atoms with Gasteiger partial charge in [0.2, 0.25) is 5.76 Å². The molecule has 0 radical (unpaired) electrons. The molecule has 2 aromatic heterocycles. The second-order valence-corrected chi connectivity index (χ2v) is 8.65. The zero-order chi connectivity index (χ0) is 24.8. The van der Waals surface area contributed by atoms with Crippen molar-refractivity contribution in [3.05, 3.63) is 129 Å². The molecule has 3 aromatic carbocycles. The van der Waals surface area contributed by atoms with Crippen molar-refractivity contribution in [3.63, 3.8) is 0 Å². The number of aromatic nitrogens is 1. The van der Waals surface area contributed by atoms with Gasteiger partial charge in [-0.1, -0.05) is 41.9 Å². The van der Waals surface area contributed by atoms with Gasteiger partial charge in [-0.05, 0) is 60.2 Å². The van der Waals surface area contributed by atoms with Gasteiger partial charge >= 0.3 is 0 Å². The van der Waals surface area contributed by atoms with E-state index in [-0.39, 0.29) is 28.1 Å². The summed E-state index contributed by atoms with van der Waals surface area (Å²) in [6, 6.07) is 22.2. The fraction of sp³-hybridized carbons (Fsp3) is 0.0357. The number of ether oxygens (including phenoxy) is 1. The lowest BCUT2D eigenvalue weighted by Crippen LogP contribution is -2.30. The SMILES string of the molecule is O=C1c2oc3ccc(F)cc3c(=O)c2C(c2cccc(Oc3ccccc3)c2)N1c1ccc(Cl)cn1. The summed E-state index contributed by atoms with van der Waals surface area (Å²) < 4.78 is 25.8. The third kappa shape index (κ3) is 3.70. The van der Waals surface area contributed by atoms with E-state index >= 15 is 0 Å². The smallest absolute Gasteiger partial charge is 0.296 e. The molecule has 36 heavy (non-hydrogen) atoms. The van der Waals surface area contributed by atoms with Crippen LogP contribution in [0.1, 0.15) is 27.7 Å². The maximum atomic E-state index is 14.0. The predicted molar refractivity (Wildman–Crippen MR) is 133 cm³/mol. The van der Waals surface area contributed by atoms with Gasteiger partial charge in [-0.15, -0.1) is 0 Å². The minimum absolute atomic E-state index is 0.0501. The van der Waals surface area contributed by atoms with Gasteiger partial charge in [-0.3, -0.25) is 14.5 Å². The molecule has 0 aliphatic carbocycles. The fourth-order valence-corrected chi connectivity index (χ4v) is 4.49. The number of carbonyl (C=O) groups excluding carboxylic acids is 1. The normalized spacial score (nSPS) is 14.8. The molecule has 1 aliphatic rings. The average molecular weight is 499 g/mol. The predicted octanol–water partition coefficient (Wildman–Crippen LogP) is 6.52. The minimum Gasteiger partial charge on any atom is -0.457 e. The van der Waals surface area contributed by atoms with E-state index in [2.05, 4.69) is 4.98 Å². The highest BCUT2D eigenvalue weighted by Crippen LogP contribution is 2.41. The lowest BCUT2D eigenvalue weighted by molar-refractivity contribution is 0.0970. The number of para-hydroxylation sites is 1. The number of benzene rings is 3. The quantitative estimate of drug-likeness (QED) is 0.282. The van der Waals surface area contributed by atoms with E-state index in [1.807, 2.05) is 30.3 Å². The van der Waals surface area contributed by atoms with E-state index < -0.39 is 23.2 Å². The van der Waals surface area contributed by atoms with E-state index in [1.165, 1.54) is 23.2 Å². The summed E-state index contributed by atoms with van der Waals surface area (Å²) >= 11 is 6.02. The highest BCUT2D eigenvalue weighted by molar-refractivity contribution is 6.30. The third-order valence-electron chi connectivity index (χ3n) is 5.94. The Labute approximate surface area is 209 Å². The molecular formula is C28H16ClFN2O4. The molecule has 1 unspecified atom stereocenters. The number of fused-ring (bicyclic) bond motifs is 2. The van der Waals surface area contributed by atoms with Gasteiger partial charge in [0, 0.05) is 6.20 Å². The molecule has 1 atom stereocenters. The van der Waals surface area contributed by atoms with Crippen LogP contribution in [0, 0.1) is 5.82 Å². The van der Waals surface area contributed by atoms with Crippen LogP contribution in [0.5, 0.6) is 11.5 Å². The molecule has 0 N–H and O–H groups in total. The summed E-state index contributed by atoms with van der Waals surface area (Å²) in [6.07, 6.45) is 1.42. The maximum Gasteiger partial charge on any atom is 0.296 e. The maximum absolute atomic E-state index is 14.0.